The van der Waals surface area contributed by atoms with Crippen LogP contribution in [0.3, 0.4) is 0 Å². The number of ether oxygens (including phenoxy) is 2. The molecule has 0 amide bonds. The number of halogens is 2. The molecule has 0 unspecified atom stereocenters. The quantitative estimate of drug-likeness (QED) is 0.694. The first-order valence-corrected chi connectivity index (χ1v) is 6.44. The van der Waals surface area contributed by atoms with Gasteiger partial charge in [0.05, 0.1) is 23.4 Å². The number of hydrogen-bond donors (Lipinski definition) is 1. The smallest absolute Gasteiger partial charge is 0.338 e. The lowest BCUT2D eigenvalue weighted by atomic mass is 10.2. The van der Waals surface area contributed by atoms with Crippen molar-refractivity contribution in [2.75, 3.05) is 12.8 Å². The molecule has 0 radical (unpaired) electrons. The van der Waals surface area contributed by atoms with Crippen LogP contribution in [0.2, 0.25) is 5.02 Å². The Kier molecular flexibility index (Phi) is 4.65. The van der Waals surface area contributed by atoms with Crippen molar-refractivity contribution in [3.8, 4) is 5.75 Å². The maximum Gasteiger partial charge on any atom is 0.338 e. The molecule has 21 heavy (non-hydrogen) atoms. The van der Waals surface area contributed by atoms with Gasteiger partial charge >= 0.3 is 5.97 Å². The number of carbonyl (C=O) groups is 1. The van der Waals surface area contributed by atoms with Gasteiger partial charge in [0.15, 0.2) is 0 Å². The number of hydrogen-bond acceptors (Lipinski definition) is 4. The van der Waals surface area contributed by atoms with Gasteiger partial charge in [-0.2, -0.15) is 0 Å². The molecule has 0 fully saturated rings. The summed E-state index contributed by atoms with van der Waals surface area (Å²) in [4.78, 5) is 11.9. The van der Waals surface area contributed by atoms with Gasteiger partial charge in [-0.25, -0.2) is 9.18 Å². The van der Waals surface area contributed by atoms with Gasteiger partial charge in [0.1, 0.15) is 18.2 Å². The zero-order valence-corrected chi connectivity index (χ0v) is 12.0. The topological polar surface area (TPSA) is 61.5 Å². The minimum Gasteiger partial charge on any atom is -0.495 e. The Morgan fingerprint density at radius 1 is 1.33 bits per heavy atom. The number of anilines is 1. The van der Waals surface area contributed by atoms with Crippen molar-refractivity contribution in [3.05, 3.63) is 58.4 Å². The van der Waals surface area contributed by atoms with Gasteiger partial charge in [-0.3, -0.25) is 0 Å². The van der Waals surface area contributed by atoms with Gasteiger partial charge in [0.25, 0.3) is 0 Å². The third-order valence-corrected chi connectivity index (χ3v) is 3.15. The van der Waals surface area contributed by atoms with Crippen LogP contribution < -0.4 is 10.5 Å². The van der Waals surface area contributed by atoms with E-state index in [1.165, 1.54) is 31.4 Å². The van der Waals surface area contributed by atoms with Crippen molar-refractivity contribution in [1.29, 1.82) is 0 Å². The molecular formula is C15H13ClFNO3. The Labute approximate surface area is 126 Å². The number of nitrogens with two attached hydrogens (primary N) is 1. The highest BCUT2D eigenvalue weighted by molar-refractivity contribution is 6.30. The van der Waals surface area contributed by atoms with Crippen LogP contribution >= 0.6 is 11.6 Å². The molecule has 4 nitrogen and oxygen atoms in total. The average Bonchev–Trinajstić information content (AvgIpc) is 2.48. The van der Waals surface area contributed by atoms with E-state index in [0.29, 0.717) is 11.4 Å². The molecular weight excluding hydrogens is 297 g/mol. The van der Waals surface area contributed by atoms with Crippen LogP contribution in [-0.2, 0) is 11.3 Å². The van der Waals surface area contributed by atoms with Crippen molar-refractivity contribution in [2.45, 2.75) is 6.61 Å². The van der Waals surface area contributed by atoms with Gasteiger partial charge in [0.2, 0.25) is 0 Å². The van der Waals surface area contributed by atoms with Crippen molar-refractivity contribution in [1.82, 2.24) is 0 Å². The fraction of sp³-hybridized carbons (Fsp3) is 0.133. The highest BCUT2D eigenvalue weighted by atomic mass is 35.5. The van der Waals surface area contributed by atoms with E-state index < -0.39 is 11.8 Å². The first-order chi connectivity index (χ1) is 10.0. The van der Waals surface area contributed by atoms with E-state index in [1.807, 2.05) is 0 Å². The molecule has 0 aromatic heterocycles. The van der Waals surface area contributed by atoms with E-state index in [2.05, 4.69) is 0 Å². The van der Waals surface area contributed by atoms with Crippen LogP contribution in [0.1, 0.15) is 15.9 Å². The van der Waals surface area contributed by atoms with Gasteiger partial charge in [0, 0.05) is 5.56 Å². The summed E-state index contributed by atoms with van der Waals surface area (Å²) < 4.78 is 23.7. The van der Waals surface area contributed by atoms with Crippen LogP contribution in [0.15, 0.2) is 36.4 Å². The molecule has 0 bridgehead atoms. The summed E-state index contributed by atoms with van der Waals surface area (Å²) in [6.45, 7) is -0.211. The first kappa shape index (κ1) is 15.1. The highest BCUT2D eigenvalue weighted by Crippen LogP contribution is 2.23. The lowest BCUT2D eigenvalue weighted by Gasteiger charge is -2.09. The fourth-order valence-electron chi connectivity index (χ4n) is 1.75. The molecule has 6 heteroatoms. The van der Waals surface area contributed by atoms with E-state index in [-0.39, 0.29) is 22.8 Å². The largest absolute Gasteiger partial charge is 0.495 e. The predicted molar refractivity (Wildman–Crippen MR) is 77.9 cm³/mol. The molecule has 0 aliphatic heterocycles. The SMILES string of the molecule is COc1ccc(C(=O)OCc2cccc(Cl)c2F)cc1N. The molecule has 0 aliphatic carbocycles. The second-order valence-corrected chi connectivity index (χ2v) is 4.65. The summed E-state index contributed by atoms with van der Waals surface area (Å²) in [6.07, 6.45) is 0. The lowest BCUT2D eigenvalue weighted by molar-refractivity contribution is 0.0469. The molecule has 0 spiro atoms. The van der Waals surface area contributed by atoms with Gasteiger partial charge in [-0.05, 0) is 24.3 Å². The summed E-state index contributed by atoms with van der Waals surface area (Å²) >= 11 is 5.65. The van der Waals surface area contributed by atoms with E-state index in [9.17, 15) is 9.18 Å². The molecule has 2 aromatic carbocycles. The standard InChI is InChI=1S/C15H13ClFNO3/c1-20-13-6-5-9(7-12(13)18)15(19)21-8-10-3-2-4-11(16)14(10)17/h2-7H,8,18H2,1H3. The summed E-state index contributed by atoms with van der Waals surface area (Å²) in [5.41, 5.74) is 6.50. The molecule has 0 saturated carbocycles. The Bertz CT molecular complexity index is 676. The van der Waals surface area contributed by atoms with Crippen molar-refractivity contribution < 1.29 is 18.7 Å². The monoisotopic (exact) mass is 309 g/mol. The highest BCUT2D eigenvalue weighted by Gasteiger charge is 2.12. The summed E-state index contributed by atoms with van der Waals surface area (Å²) in [5, 5.41) is -0.0164. The molecule has 110 valence electrons. The second kappa shape index (κ2) is 6.45. The zero-order valence-electron chi connectivity index (χ0n) is 11.2. The van der Waals surface area contributed by atoms with E-state index in [4.69, 9.17) is 26.8 Å². The van der Waals surface area contributed by atoms with E-state index >= 15 is 0 Å². The molecule has 2 N–H and O–H groups in total. The number of methoxy groups -OCH3 is 1. The molecule has 0 saturated heterocycles. The molecule has 0 heterocycles. The minimum absolute atomic E-state index is 0.0164. The van der Waals surface area contributed by atoms with Crippen LogP contribution in [0.25, 0.3) is 0 Å². The van der Waals surface area contributed by atoms with Crippen molar-refractivity contribution in [3.63, 3.8) is 0 Å². The predicted octanol–water partition coefficient (Wildman–Crippen LogP) is 3.43. The molecule has 2 rings (SSSR count). The summed E-state index contributed by atoms with van der Waals surface area (Å²) in [6, 6.07) is 9.02. The minimum atomic E-state index is -0.608. The first-order valence-electron chi connectivity index (χ1n) is 6.06. The third-order valence-electron chi connectivity index (χ3n) is 2.86. The van der Waals surface area contributed by atoms with Crippen LogP contribution in [0.5, 0.6) is 5.75 Å². The second-order valence-electron chi connectivity index (χ2n) is 4.25. The Morgan fingerprint density at radius 2 is 2.10 bits per heavy atom. The number of carbonyl (C=O) groups excluding carboxylic acids is 1. The maximum atomic E-state index is 13.7. The van der Waals surface area contributed by atoms with Crippen LogP contribution in [-0.4, -0.2) is 13.1 Å². The van der Waals surface area contributed by atoms with Gasteiger partial charge in [-0.15, -0.1) is 0 Å². The number of benzene rings is 2. The van der Waals surface area contributed by atoms with Crippen LogP contribution in [0.4, 0.5) is 10.1 Å². The Morgan fingerprint density at radius 3 is 2.76 bits per heavy atom. The van der Waals surface area contributed by atoms with Crippen molar-refractivity contribution >= 4 is 23.3 Å². The normalized spacial score (nSPS) is 10.2. The Balaban J connectivity index is 2.08. The molecule has 2 aromatic rings. The zero-order chi connectivity index (χ0) is 15.4. The molecule has 0 atom stereocenters. The number of rotatable bonds is 4. The third kappa shape index (κ3) is 3.44. The Hall–Kier alpha value is -2.27. The van der Waals surface area contributed by atoms with Gasteiger partial charge < -0.3 is 15.2 Å². The number of esters is 1. The van der Waals surface area contributed by atoms with Crippen molar-refractivity contribution in [2.24, 2.45) is 0 Å². The maximum absolute atomic E-state index is 13.7. The lowest BCUT2D eigenvalue weighted by Crippen LogP contribution is -2.07. The van der Waals surface area contributed by atoms with E-state index in [1.54, 1.807) is 12.1 Å². The summed E-state index contributed by atoms with van der Waals surface area (Å²) in [5.74, 6) is -0.739. The number of nitrogen functional groups attached to an aromatic ring is 1. The van der Waals surface area contributed by atoms with Crippen LogP contribution in [0, 0.1) is 5.82 Å². The van der Waals surface area contributed by atoms with Gasteiger partial charge in [-0.1, -0.05) is 23.7 Å². The van der Waals surface area contributed by atoms with E-state index in [0.717, 1.165) is 0 Å². The average molecular weight is 310 g/mol. The fourth-order valence-corrected chi connectivity index (χ4v) is 1.94. The summed E-state index contributed by atoms with van der Waals surface area (Å²) in [7, 11) is 1.48. The molecule has 0 aliphatic rings.